The molecule has 0 aromatic heterocycles. The van der Waals surface area contributed by atoms with Gasteiger partial charge in [0.1, 0.15) is 0 Å². The van der Waals surface area contributed by atoms with Crippen molar-refractivity contribution in [3.05, 3.63) is 34.9 Å². The molecule has 0 radical (unpaired) electrons. The van der Waals surface area contributed by atoms with Crippen molar-refractivity contribution >= 4 is 17.7 Å². The number of benzene rings is 1. The molecule has 142 valence electrons. The summed E-state index contributed by atoms with van der Waals surface area (Å²) in [4.78, 5) is 40.3. The van der Waals surface area contributed by atoms with Gasteiger partial charge in [-0.2, -0.15) is 0 Å². The highest BCUT2D eigenvalue weighted by atomic mass is 16.2. The summed E-state index contributed by atoms with van der Waals surface area (Å²) in [6.07, 6.45) is 0.119. The van der Waals surface area contributed by atoms with E-state index in [2.05, 4.69) is 37.9 Å². The number of hydrogen-bond acceptors (Lipinski definition) is 4. The number of carbonyl (C=O) groups is 3. The zero-order valence-electron chi connectivity index (χ0n) is 16.3. The number of hydrogen-bond donors (Lipinski definition) is 1. The summed E-state index contributed by atoms with van der Waals surface area (Å²) in [5.41, 5.74) is 1.79. The fraction of sp³-hybridized carbons (Fsp3) is 0.550. The zero-order valence-corrected chi connectivity index (χ0v) is 16.3. The average molecular weight is 359 g/mol. The molecule has 6 heteroatoms. The molecule has 2 rings (SSSR count). The smallest absolute Gasteiger partial charge is 0.261 e. The van der Waals surface area contributed by atoms with Gasteiger partial charge in [0, 0.05) is 38.1 Å². The molecule has 1 heterocycles. The molecular weight excluding hydrogens is 330 g/mol. The van der Waals surface area contributed by atoms with Gasteiger partial charge in [-0.1, -0.05) is 11.6 Å². The zero-order chi connectivity index (χ0) is 19.4. The maximum atomic E-state index is 12.4. The summed E-state index contributed by atoms with van der Waals surface area (Å²) in [5.74, 6) is -0.777. The standard InChI is InChI=1S/C20H29N3O3/c1-13(2)22(14(3)4)11-9-21-18(24)8-10-23-19(25)16-7-6-15(5)12-17(16)20(23)26/h6-7,12-14H,8-11H2,1-5H3,(H,21,24). The molecule has 0 bridgehead atoms. The van der Waals surface area contributed by atoms with Crippen LogP contribution in [-0.2, 0) is 4.79 Å². The largest absolute Gasteiger partial charge is 0.355 e. The van der Waals surface area contributed by atoms with E-state index in [9.17, 15) is 14.4 Å². The van der Waals surface area contributed by atoms with Gasteiger partial charge in [0.05, 0.1) is 11.1 Å². The van der Waals surface area contributed by atoms with E-state index in [-0.39, 0.29) is 30.7 Å². The second-order valence-corrected chi connectivity index (χ2v) is 7.34. The number of fused-ring (bicyclic) bond motifs is 1. The van der Waals surface area contributed by atoms with Crippen LogP contribution in [0.4, 0.5) is 0 Å². The Morgan fingerprint density at radius 2 is 1.69 bits per heavy atom. The molecule has 1 aromatic carbocycles. The van der Waals surface area contributed by atoms with Gasteiger partial charge in [0.25, 0.3) is 11.8 Å². The van der Waals surface area contributed by atoms with E-state index in [1.807, 2.05) is 13.0 Å². The Labute approximate surface area is 155 Å². The Balaban J connectivity index is 1.83. The predicted octanol–water partition coefficient (Wildman–Crippen LogP) is 2.22. The van der Waals surface area contributed by atoms with Crippen LogP contribution < -0.4 is 5.32 Å². The lowest BCUT2D eigenvalue weighted by atomic mass is 10.1. The Hall–Kier alpha value is -2.21. The van der Waals surface area contributed by atoms with Gasteiger partial charge in [0.15, 0.2) is 0 Å². The first kappa shape index (κ1) is 20.1. The van der Waals surface area contributed by atoms with Gasteiger partial charge < -0.3 is 5.32 Å². The lowest BCUT2D eigenvalue weighted by molar-refractivity contribution is -0.121. The molecule has 1 aliphatic heterocycles. The molecule has 1 aromatic rings. The monoisotopic (exact) mass is 359 g/mol. The van der Waals surface area contributed by atoms with E-state index in [0.29, 0.717) is 29.8 Å². The third-order valence-electron chi connectivity index (χ3n) is 4.71. The molecule has 0 atom stereocenters. The summed E-state index contributed by atoms with van der Waals surface area (Å²) >= 11 is 0. The van der Waals surface area contributed by atoms with Gasteiger partial charge in [-0.25, -0.2) is 0 Å². The first-order valence-corrected chi connectivity index (χ1v) is 9.21. The van der Waals surface area contributed by atoms with Crippen LogP contribution in [0.3, 0.4) is 0 Å². The molecule has 0 saturated heterocycles. The van der Waals surface area contributed by atoms with Crippen LogP contribution >= 0.6 is 0 Å². The number of aryl methyl sites for hydroxylation is 1. The molecular formula is C20H29N3O3. The second kappa shape index (κ2) is 8.45. The summed E-state index contributed by atoms with van der Waals surface area (Å²) in [5, 5.41) is 2.88. The minimum absolute atomic E-state index is 0.106. The number of imide groups is 1. The van der Waals surface area contributed by atoms with Crippen molar-refractivity contribution in [2.75, 3.05) is 19.6 Å². The van der Waals surface area contributed by atoms with Crippen molar-refractivity contribution in [3.8, 4) is 0 Å². The third kappa shape index (κ3) is 4.49. The van der Waals surface area contributed by atoms with Crippen molar-refractivity contribution in [2.45, 2.75) is 53.1 Å². The predicted molar refractivity (Wildman–Crippen MR) is 101 cm³/mol. The molecule has 0 unspecified atom stereocenters. The van der Waals surface area contributed by atoms with Crippen molar-refractivity contribution in [3.63, 3.8) is 0 Å². The molecule has 0 saturated carbocycles. The minimum atomic E-state index is -0.316. The van der Waals surface area contributed by atoms with Crippen LogP contribution in [0.25, 0.3) is 0 Å². The van der Waals surface area contributed by atoms with Crippen LogP contribution in [0.2, 0.25) is 0 Å². The SMILES string of the molecule is Cc1ccc2c(c1)C(=O)N(CCC(=O)NCCN(C(C)C)C(C)C)C2=O. The van der Waals surface area contributed by atoms with E-state index in [1.54, 1.807) is 12.1 Å². The third-order valence-corrected chi connectivity index (χ3v) is 4.71. The van der Waals surface area contributed by atoms with Gasteiger partial charge in [-0.3, -0.25) is 24.2 Å². The Morgan fingerprint density at radius 1 is 1.08 bits per heavy atom. The molecule has 0 spiro atoms. The van der Waals surface area contributed by atoms with Gasteiger partial charge >= 0.3 is 0 Å². The minimum Gasteiger partial charge on any atom is -0.355 e. The van der Waals surface area contributed by atoms with E-state index in [4.69, 9.17) is 0 Å². The van der Waals surface area contributed by atoms with Crippen LogP contribution in [0.15, 0.2) is 18.2 Å². The van der Waals surface area contributed by atoms with E-state index < -0.39 is 0 Å². The first-order chi connectivity index (χ1) is 12.2. The number of nitrogens with zero attached hydrogens (tertiary/aromatic N) is 2. The van der Waals surface area contributed by atoms with Crippen LogP contribution in [0.5, 0.6) is 0 Å². The quantitative estimate of drug-likeness (QED) is 0.723. The normalized spacial score (nSPS) is 13.9. The Kier molecular flexibility index (Phi) is 6.53. The van der Waals surface area contributed by atoms with Crippen molar-refractivity contribution in [1.82, 2.24) is 15.1 Å². The van der Waals surface area contributed by atoms with Gasteiger partial charge in [-0.15, -0.1) is 0 Å². The maximum Gasteiger partial charge on any atom is 0.261 e. The van der Waals surface area contributed by atoms with Gasteiger partial charge in [-0.05, 0) is 46.8 Å². The highest BCUT2D eigenvalue weighted by Gasteiger charge is 2.35. The molecule has 1 N–H and O–H groups in total. The highest BCUT2D eigenvalue weighted by Crippen LogP contribution is 2.23. The summed E-state index contributed by atoms with van der Waals surface area (Å²) < 4.78 is 0. The lowest BCUT2D eigenvalue weighted by Crippen LogP contribution is -2.43. The average Bonchev–Trinajstić information content (AvgIpc) is 2.79. The van der Waals surface area contributed by atoms with Crippen molar-refractivity contribution < 1.29 is 14.4 Å². The number of carbonyl (C=O) groups excluding carboxylic acids is 3. The maximum absolute atomic E-state index is 12.4. The molecule has 6 nitrogen and oxygen atoms in total. The van der Waals surface area contributed by atoms with E-state index in [1.165, 1.54) is 0 Å². The van der Waals surface area contributed by atoms with Crippen LogP contribution in [-0.4, -0.2) is 59.2 Å². The summed E-state index contributed by atoms with van der Waals surface area (Å²) in [6.45, 7) is 11.8. The Morgan fingerprint density at radius 3 is 2.31 bits per heavy atom. The highest BCUT2D eigenvalue weighted by molar-refractivity contribution is 6.21. The summed E-state index contributed by atoms with van der Waals surface area (Å²) in [7, 11) is 0. The molecule has 3 amide bonds. The van der Waals surface area contributed by atoms with E-state index in [0.717, 1.165) is 17.0 Å². The second-order valence-electron chi connectivity index (χ2n) is 7.34. The fourth-order valence-electron chi connectivity index (χ4n) is 3.35. The van der Waals surface area contributed by atoms with Crippen LogP contribution in [0.1, 0.15) is 60.4 Å². The molecule has 0 aliphatic carbocycles. The number of amides is 3. The topological polar surface area (TPSA) is 69.7 Å². The van der Waals surface area contributed by atoms with Crippen molar-refractivity contribution in [1.29, 1.82) is 0 Å². The molecule has 26 heavy (non-hydrogen) atoms. The molecule has 1 aliphatic rings. The van der Waals surface area contributed by atoms with E-state index >= 15 is 0 Å². The Bertz CT molecular complexity index is 690. The van der Waals surface area contributed by atoms with Crippen molar-refractivity contribution in [2.24, 2.45) is 0 Å². The van der Waals surface area contributed by atoms with Gasteiger partial charge in [0.2, 0.25) is 5.91 Å². The summed E-state index contributed by atoms with van der Waals surface area (Å²) in [6, 6.07) is 6.04. The molecule has 0 fully saturated rings. The lowest BCUT2D eigenvalue weighted by Gasteiger charge is -2.30. The number of nitrogens with one attached hydrogen (secondary N) is 1. The fourth-order valence-corrected chi connectivity index (χ4v) is 3.35. The number of rotatable bonds is 8. The first-order valence-electron chi connectivity index (χ1n) is 9.21. The van der Waals surface area contributed by atoms with Crippen LogP contribution in [0, 0.1) is 6.92 Å².